The van der Waals surface area contributed by atoms with E-state index in [1.807, 2.05) is 4.72 Å². The van der Waals surface area contributed by atoms with E-state index in [1.54, 1.807) is 0 Å². The molecule has 2 N–H and O–H groups in total. The topological polar surface area (TPSA) is 107 Å². The van der Waals surface area contributed by atoms with Crippen LogP contribution >= 0.6 is 0 Å². The first kappa shape index (κ1) is 11.1. The maximum absolute atomic E-state index is 10.6. The van der Waals surface area contributed by atoms with E-state index in [1.165, 1.54) is 12.1 Å². The third-order valence-corrected chi connectivity index (χ3v) is 2.59. The SMILES string of the molecule is O=S([O-])Nc1cccc(S(=O)(=O)O)c1. The molecule has 6 nitrogen and oxygen atoms in total. The molecule has 0 saturated heterocycles. The molecule has 0 aromatic heterocycles. The van der Waals surface area contributed by atoms with Crippen molar-refractivity contribution in [3.05, 3.63) is 24.3 Å². The number of benzene rings is 1. The summed E-state index contributed by atoms with van der Waals surface area (Å²) in [6.07, 6.45) is 0. The van der Waals surface area contributed by atoms with E-state index in [9.17, 15) is 17.2 Å². The normalized spacial score (nSPS) is 13.6. The summed E-state index contributed by atoms with van der Waals surface area (Å²) >= 11 is -2.53. The molecule has 0 spiro atoms. The molecule has 0 bridgehead atoms. The zero-order chi connectivity index (χ0) is 10.8. The second-order valence-electron chi connectivity index (χ2n) is 2.34. The van der Waals surface area contributed by atoms with E-state index in [0.29, 0.717) is 0 Å². The van der Waals surface area contributed by atoms with E-state index in [4.69, 9.17) is 4.55 Å². The maximum Gasteiger partial charge on any atom is 0.294 e. The Kier molecular flexibility index (Phi) is 3.21. The van der Waals surface area contributed by atoms with Crippen molar-refractivity contribution in [1.29, 1.82) is 0 Å². The average Bonchev–Trinajstić information content (AvgIpc) is 2.01. The van der Waals surface area contributed by atoms with Crippen molar-refractivity contribution in [3.8, 4) is 0 Å². The lowest BCUT2D eigenvalue weighted by Crippen LogP contribution is -2.04. The average molecular weight is 236 g/mol. The zero-order valence-electron chi connectivity index (χ0n) is 6.71. The Morgan fingerprint density at radius 1 is 1.43 bits per heavy atom. The molecule has 8 heteroatoms. The van der Waals surface area contributed by atoms with E-state index in [0.717, 1.165) is 12.1 Å². The van der Waals surface area contributed by atoms with Crippen LogP contribution in [0.2, 0.25) is 0 Å². The summed E-state index contributed by atoms with van der Waals surface area (Å²) in [7, 11) is -4.30. The fraction of sp³-hybridized carbons (Fsp3) is 0. The standard InChI is InChI=1S/C6H7NO5S2/c8-13(9)7-5-2-1-3-6(4-5)14(10,11)12/h1-4,7H,(H,8,9)(H,10,11,12)/p-1. The van der Waals surface area contributed by atoms with Crippen LogP contribution in [0.25, 0.3) is 0 Å². The van der Waals surface area contributed by atoms with Crippen molar-refractivity contribution in [1.82, 2.24) is 0 Å². The van der Waals surface area contributed by atoms with Gasteiger partial charge in [-0.3, -0.25) is 8.76 Å². The molecule has 14 heavy (non-hydrogen) atoms. The molecule has 0 aliphatic carbocycles. The minimum Gasteiger partial charge on any atom is -0.755 e. The van der Waals surface area contributed by atoms with Gasteiger partial charge in [-0.15, -0.1) is 0 Å². The van der Waals surface area contributed by atoms with Crippen molar-refractivity contribution >= 4 is 27.1 Å². The van der Waals surface area contributed by atoms with Crippen LogP contribution in [0.3, 0.4) is 0 Å². The van der Waals surface area contributed by atoms with Gasteiger partial charge in [0.1, 0.15) is 0 Å². The Hall–Kier alpha value is -0.960. The predicted molar refractivity (Wildman–Crippen MR) is 48.8 cm³/mol. The van der Waals surface area contributed by atoms with Gasteiger partial charge in [-0.05, 0) is 18.2 Å². The highest BCUT2D eigenvalue weighted by Gasteiger charge is 2.08. The van der Waals surface area contributed by atoms with E-state index in [-0.39, 0.29) is 10.6 Å². The number of hydrogen-bond donors (Lipinski definition) is 2. The fourth-order valence-electron chi connectivity index (χ4n) is 0.816. The minimum absolute atomic E-state index is 0.0634. The minimum atomic E-state index is -4.30. The summed E-state index contributed by atoms with van der Waals surface area (Å²) in [4.78, 5) is -0.368. The second-order valence-corrected chi connectivity index (χ2v) is 4.43. The van der Waals surface area contributed by atoms with Crippen molar-refractivity contribution in [2.75, 3.05) is 4.72 Å². The van der Waals surface area contributed by atoms with E-state index < -0.39 is 21.4 Å². The smallest absolute Gasteiger partial charge is 0.294 e. The zero-order valence-corrected chi connectivity index (χ0v) is 8.34. The van der Waals surface area contributed by atoms with Crippen molar-refractivity contribution in [3.63, 3.8) is 0 Å². The van der Waals surface area contributed by atoms with Gasteiger partial charge in [0.2, 0.25) is 0 Å². The predicted octanol–water partition coefficient (Wildman–Crippen LogP) is 0.139. The molecule has 0 fully saturated rings. The number of nitrogens with one attached hydrogen (secondary N) is 1. The van der Waals surface area contributed by atoms with Crippen LogP contribution in [-0.2, 0) is 21.4 Å². The monoisotopic (exact) mass is 236 g/mol. The van der Waals surface area contributed by atoms with Crippen molar-refractivity contribution in [2.45, 2.75) is 4.90 Å². The van der Waals surface area contributed by atoms with Gasteiger partial charge in [-0.1, -0.05) is 6.07 Å². The Bertz CT molecular complexity index is 455. The lowest BCUT2D eigenvalue weighted by Gasteiger charge is -2.08. The molecule has 0 heterocycles. The molecule has 0 saturated carbocycles. The van der Waals surface area contributed by atoms with Crippen LogP contribution in [0, 0.1) is 0 Å². The molecule has 1 aromatic rings. The molecule has 78 valence electrons. The summed E-state index contributed by atoms with van der Waals surface area (Å²) in [5.41, 5.74) is 0.0634. The van der Waals surface area contributed by atoms with Gasteiger partial charge in [0.25, 0.3) is 10.1 Å². The van der Waals surface area contributed by atoms with Gasteiger partial charge < -0.3 is 9.27 Å². The van der Waals surface area contributed by atoms with Crippen LogP contribution < -0.4 is 4.72 Å². The summed E-state index contributed by atoms with van der Waals surface area (Å²) in [6.45, 7) is 0. The Balaban J connectivity index is 3.08. The summed E-state index contributed by atoms with van der Waals surface area (Å²) < 4.78 is 52.3. The second kappa shape index (κ2) is 4.05. The third-order valence-electron chi connectivity index (χ3n) is 1.33. The summed E-state index contributed by atoms with van der Waals surface area (Å²) in [5, 5.41) is 0. The van der Waals surface area contributed by atoms with E-state index in [2.05, 4.69) is 0 Å². The molecule has 0 amide bonds. The molecule has 1 rings (SSSR count). The summed E-state index contributed by atoms with van der Waals surface area (Å²) in [6, 6.07) is 4.81. The van der Waals surface area contributed by atoms with Crippen molar-refractivity contribution in [2.24, 2.45) is 0 Å². The molecule has 0 aliphatic rings. The maximum atomic E-state index is 10.6. The fourth-order valence-corrected chi connectivity index (χ4v) is 1.66. The largest absolute Gasteiger partial charge is 0.755 e. The van der Waals surface area contributed by atoms with Crippen LogP contribution in [-0.4, -0.2) is 21.7 Å². The van der Waals surface area contributed by atoms with Crippen molar-refractivity contribution < 1.29 is 21.7 Å². The molecule has 0 radical (unpaired) electrons. The first-order valence-electron chi connectivity index (χ1n) is 3.33. The highest BCUT2D eigenvalue weighted by atomic mass is 32.2. The molecular formula is C6H6NO5S2-. The molecule has 0 aliphatic heterocycles. The third kappa shape index (κ3) is 3.07. The van der Waals surface area contributed by atoms with Gasteiger partial charge in [-0.25, -0.2) is 0 Å². The molecule has 1 aromatic carbocycles. The first-order chi connectivity index (χ1) is 6.39. The highest BCUT2D eigenvalue weighted by Crippen LogP contribution is 2.14. The van der Waals surface area contributed by atoms with Gasteiger partial charge >= 0.3 is 0 Å². The number of rotatable bonds is 3. The molecule has 1 atom stereocenters. The highest BCUT2D eigenvalue weighted by molar-refractivity contribution is 7.85. The Morgan fingerprint density at radius 3 is 2.57 bits per heavy atom. The molecule has 1 unspecified atom stereocenters. The first-order valence-corrected chi connectivity index (χ1v) is 5.84. The van der Waals surface area contributed by atoms with Gasteiger partial charge in [0, 0.05) is 17.0 Å². The van der Waals surface area contributed by atoms with Crippen LogP contribution in [0.1, 0.15) is 0 Å². The molecular weight excluding hydrogens is 230 g/mol. The van der Waals surface area contributed by atoms with E-state index >= 15 is 0 Å². The number of hydrogen-bond acceptors (Lipinski definition) is 4. The lowest BCUT2D eigenvalue weighted by molar-refractivity contribution is 0.483. The van der Waals surface area contributed by atoms with Crippen LogP contribution in [0.5, 0.6) is 0 Å². The number of anilines is 1. The van der Waals surface area contributed by atoms with Gasteiger partial charge in [0.15, 0.2) is 0 Å². The Morgan fingerprint density at radius 2 is 2.07 bits per heavy atom. The van der Waals surface area contributed by atoms with Crippen LogP contribution in [0.4, 0.5) is 5.69 Å². The lowest BCUT2D eigenvalue weighted by atomic mass is 10.3. The van der Waals surface area contributed by atoms with Gasteiger partial charge in [0.05, 0.1) is 4.90 Å². The quantitative estimate of drug-likeness (QED) is 0.573. The van der Waals surface area contributed by atoms with Crippen LogP contribution in [0.15, 0.2) is 29.2 Å². The summed E-state index contributed by atoms with van der Waals surface area (Å²) in [5.74, 6) is 0. The Labute approximate surface area is 83.1 Å². The van der Waals surface area contributed by atoms with Gasteiger partial charge in [-0.2, -0.15) is 8.42 Å².